The van der Waals surface area contributed by atoms with Crippen LogP contribution in [-0.2, 0) is 17.8 Å². The number of carbonyl (C=O) groups excluding carboxylic acids is 1. The molecule has 0 rings (SSSR count). The van der Waals surface area contributed by atoms with E-state index in [1.807, 2.05) is 0 Å². The van der Waals surface area contributed by atoms with Gasteiger partial charge in [0.2, 0.25) is 0 Å². The molecule has 0 unspecified atom stereocenters. The molecule has 0 aliphatic rings. The first kappa shape index (κ1) is 25.0. The summed E-state index contributed by atoms with van der Waals surface area (Å²) in [6, 6.07) is 1.22. The number of hydrogen-bond acceptors (Lipinski definition) is 4. The van der Waals surface area contributed by atoms with Crippen molar-refractivity contribution in [3.8, 4) is 0 Å². The monoisotopic (exact) mass is 406 g/mol. The van der Waals surface area contributed by atoms with Gasteiger partial charge in [-0.05, 0) is 58.3 Å². The van der Waals surface area contributed by atoms with Gasteiger partial charge in [0.25, 0.3) is 0 Å². The summed E-state index contributed by atoms with van der Waals surface area (Å²) in [6.45, 7) is 15.8. The maximum atomic E-state index is 11.0. The lowest BCUT2D eigenvalue weighted by atomic mass is 10.1. The van der Waals surface area contributed by atoms with Gasteiger partial charge in [-0.3, -0.25) is 4.79 Å². The van der Waals surface area contributed by atoms with Gasteiger partial charge >= 0.3 is 14.5 Å². The van der Waals surface area contributed by atoms with Gasteiger partial charge in [0.15, 0.2) is 16.6 Å². The third-order valence-corrected chi connectivity index (χ3v) is 14.1. The van der Waals surface area contributed by atoms with Gasteiger partial charge in [0, 0.05) is 6.42 Å². The van der Waals surface area contributed by atoms with Crippen LogP contribution in [0.15, 0.2) is 0 Å². The molecule has 0 radical (unpaired) electrons. The van der Waals surface area contributed by atoms with Crippen LogP contribution in [0.5, 0.6) is 0 Å². The molecule has 0 amide bonds. The van der Waals surface area contributed by atoms with Crippen molar-refractivity contribution in [2.24, 2.45) is 0 Å². The number of unbranched alkanes of at least 4 members (excludes halogenated alkanes) is 6. The highest BCUT2D eigenvalue weighted by Crippen LogP contribution is 2.24. The lowest BCUT2D eigenvalue weighted by Crippen LogP contribution is -2.51. The molecule has 0 aliphatic carbocycles. The molecule has 150 valence electrons. The number of rotatable bonds is 14. The van der Waals surface area contributed by atoms with Gasteiger partial charge in [0.05, 0.1) is 7.11 Å². The fourth-order valence-corrected chi connectivity index (χ4v) is 16.6. The van der Waals surface area contributed by atoms with E-state index in [1.165, 1.54) is 45.3 Å². The minimum atomic E-state index is -1.99. The Hall–Kier alpha value is 0.0406. The normalized spacial score (nSPS) is 13.1. The van der Waals surface area contributed by atoms with Gasteiger partial charge in [-0.25, -0.2) is 0 Å². The van der Waals surface area contributed by atoms with Crippen molar-refractivity contribution >= 4 is 31.2 Å². The summed E-state index contributed by atoms with van der Waals surface area (Å²) in [5, 5.41) is 0. The Kier molecular flexibility index (Phi) is 11.7. The fraction of sp³-hybridized carbons (Fsp3) is 0.944. The third-order valence-electron chi connectivity index (χ3n) is 3.96. The van der Waals surface area contributed by atoms with Gasteiger partial charge in [0.1, 0.15) is 0 Å². The van der Waals surface area contributed by atoms with E-state index < -0.39 is 25.2 Å². The van der Waals surface area contributed by atoms with Crippen LogP contribution in [0.2, 0.25) is 51.9 Å². The van der Waals surface area contributed by atoms with Crippen LogP contribution in [0, 0.1) is 0 Å². The number of hydrogen-bond donors (Lipinski definition) is 0. The highest BCUT2D eigenvalue weighted by atomic mass is 28.5. The molecule has 0 saturated heterocycles. The Labute approximate surface area is 159 Å². The van der Waals surface area contributed by atoms with Crippen LogP contribution in [0.1, 0.15) is 51.4 Å². The highest BCUT2D eigenvalue weighted by Gasteiger charge is 2.37. The predicted molar refractivity (Wildman–Crippen MR) is 114 cm³/mol. The second kappa shape index (κ2) is 11.7. The minimum absolute atomic E-state index is 0.0863. The van der Waals surface area contributed by atoms with Crippen LogP contribution in [0.25, 0.3) is 0 Å². The average Bonchev–Trinajstić information content (AvgIpc) is 2.40. The fourth-order valence-electron chi connectivity index (χ4n) is 3.28. The second-order valence-electron chi connectivity index (χ2n) is 9.03. The molecule has 0 aromatic carbocycles. The van der Waals surface area contributed by atoms with Crippen molar-refractivity contribution in [2.45, 2.75) is 103 Å². The van der Waals surface area contributed by atoms with E-state index in [9.17, 15) is 4.79 Å². The molecule has 0 fully saturated rings. The number of methoxy groups -OCH3 is 1. The Morgan fingerprint density at radius 3 is 1.68 bits per heavy atom. The van der Waals surface area contributed by atoms with E-state index >= 15 is 0 Å². The zero-order valence-electron chi connectivity index (χ0n) is 18.0. The maximum absolute atomic E-state index is 11.0. The van der Waals surface area contributed by atoms with E-state index in [0.29, 0.717) is 6.42 Å². The van der Waals surface area contributed by atoms with E-state index in [0.717, 1.165) is 12.8 Å². The number of esters is 1. The van der Waals surface area contributed by atoms with Crippen molar-refractivity contribution in [1.82, 2.24) is 0 Å². The Balaban J connectivity index is 3.80. The van der Waals surface area contributed by atoms with Crippen molar-refractivity contribution < 1.29 is 17.8 Å². The predicted octanol–water partition coefficient (Wildman–Crippen LogP) is 6.06. The van der Waals surface area contributed by atoms with Crippen molar-refractivity contribution in [2.75, 3.05) is 7.11 Å². The second-order valence-corrected chi connectivity index (χ2v) is 21.7. The molecule has 0 heterocycles. The molecule has 0 bridgehead atoms. The Morgan fingerprint density at radius 2 is 1.20 bits per heavy atom. The maximum Gasteiger partial charge on any atom is 0.311 e. The van der Waals surface area contributed by atoms with Crippen LogP contribution in [-0.4, -0.2) is 38.3 Å². The molecule has 0 spiro atoms. The van der Waals surface area contributed by atoms with Gasteiger partial charge < -0.3 is 13.0 Å². The number of carbonyl (C=O) groups is 1. The van der Waals surface area contributed by atoms with Crippen molar-refractivity contribution in [3.63, 3.8) is 0 Å². The molecule has 7 heteroatoms. The molecule has 0 N–H and O–H groups in total. The van der Waals surface area contributed by atoms with Crippen LogP contribution in [0.4, 0.5) is 0 Å². The smallest absolute Gasteiger partial charge is 0.311 e. The molecule has 0 aromatic heterocycles. The van der Waals surface area contributed by atoms with Crippen LogP contribution >= 0.6 is 0 Å². The topological polar surface area (TPSA) is 44.8 Å². The minimum Gasteiger partial charge on any atom is -0.469 e. The molecule has 0 aromatic rings. The molecule has 25 heavy (non-hydrogen) atoms. The average molecular weight is 407 g/mol. The third kappa shape index (κ3) is 16.0. The summed E-state index contributed by atoms with van der Waals surface area (Å²) in [5.74, 6) is -0.0863. The molecule has 0 aliphatic heterocycles. The first-order chi connectivity index (χ1) is 11.4. The van der Waals surface area contributed by atoms with Gasteiger partial charge in [-0.15, -0.1) is 0 Å². The van der Waals surface area contributed by atoms with E-state index in [4.69, 9.17) is 8.23 Å². The zero-order valence-corrected chi connectivity index (χ0v) is 21.0. The van der Waals surface area contributed by atoms with E-state index in [-0.39, 0.29) is 5.97 Å². The zero-order chi connectivity index (χ0) is 19.6. The molecule has 0 atom stereocenters. The quantitative estimate of drug-likeness (QED) is 0.200. The lowest BCUT2D eigenvalue weighted by molar-refractivity contribution is -0.140. The summed E-state index contributed by atoms with van der Waals surface area (Å²) < 4.78 is 17.5. The molecule has 4 nitrogen and oxygen atoms in total. The SMILES string of the molecule is COC(=O)CCCCCCCCC[Si](C)(C)O[Si](C)(C)O[Si](C)(C)C. The van der Waals surface area contributed by atoms with E-state index in [2.05, 4.69) is 50.6 Å². The lowest BCUT2D eigenvalue weighted by Gasteiger charge is -2.37. The van der Waals surface area contributed by atoms with Crippen molar-refractivity contribution in [1.29, 1.82) is 0 Å². The summed E-state index contributed by atoms with van der Waals surface area (Å²) in [5.41, 5.74) is 0. The summed E-state index contributed by atoms with van der Waals surface area (Å²) in [7, 11) is -3.70. The number of ether oxygens (including phenoxy) is 1. The Morgan fingerprint density at radius 1 is 0.720 bits per heavy atom. The van der Waals surface area contributed by atoms with Crippen molar-refractivity contribution in [3.05, 3.63) is 0 Å². The summed E-state index contributed by atoms with van der Waals surface area (Å²) in [6.07, 6.45) is 8.97. The first-order valence-corrected chi connectivity index (χ1v) is 19.2. The van der Waals surface area contributed by atoms with Crippen LogP contribution < -0.4 is 0 Å². The standard InChI is InChI=1S/C18H42O4Si3/c1-20-18(19)16-14-12-10-9-11-13-15-17-24(5,6)22-25(7,8)21-23(2,3)4/h9-17H2,1-8H3. The molecular weight excluding hydrogens is 364 g/mol. The van der Waals surface area contributed by atoms with Gasteiger partial charge in [-0.2, -0.15) is 0 Å². The molecular formula is C18H42O4Si3. The summed E-state index contributed by atoms with van der Waals surface area (Å²) in [4.78, 5) is 11.0. The largest absolute Gasteiger partial charge is 0.469 e. The highest BCUT2D eigenvalue weighted by molar-refractivity contribution is 6.87. The van der Waals surface area contributed by atoms with Crippen LogP contribution in [0.3, 0.4) is 0 Å². The summed E-state index contributed by atoms with van der Waals surface area (Å²) >= 11 is 0. The first-order valence-electron chi connectivity index (χ1n) is 9.84. The van der Waals surface area contributed by atoms with E-state index in [1.54, 1.807) is 0 Å². The van der Waals surface area contributed by atoms with Gasteiger partial charge in [-0.1, -0.05) is 38.5 Å². The Bertz CT molecular complexity index is 379. The molecule has 0 saturated carbocycles.